The van der Waals surface area contributed by atoms with Gasteiger partial charge in [0.2, 0.25) is 0 Å². The van der Waals surface area contributed by atoms with Crippen molar-refractivity contribution in [2.75, 3.05) is 25.5 Å². The van der Waals surface area contributed by atoms with E-state index in [9.17, 15) is 4.79 Å². The number of anilines is 1. The Morgan fingerprint density at radius 1 is 1.24 bits per heavy atom. The number of nitrogens with one attached hydrogen (secondary N) is 1. The number of carbonyl (C=O) groups excluding carboxylic acids is 1. The first-order valence-corrected chi connectivity index (χ1v) is 7.47. The summed E-state index contributed by atoms with van der Waals surface area (Å²) in [6.45, 7) is 6.04. The van der Waals surface area contributed by atoms with Gasteiger partial charge < -0.3 is 10.2 Å². The quantitative estimate of drug-likeness (QED) is 0.921. The molecule has 2 unspecified atom stereocenters. The zero-order chi connectivity index (χ0) is 15.0. The van der Waals surface area contributed by atoms with Crippen LogP contribution in [0.3, 0.4) is 0 Å². The number of hydrogen-bond donors (Lipinski definition) is 1. The molecule has 3 rings (SSSR count). The molecule has 1 N–H and O–H groups in total. The maximum atomic E-state index is 12.7. The fraction of sp³-hybridized carbons (Fsp3) is 0.412. The summed E-state index contributed by atoms with van der Waals surface area (Å²) in [4.78, 5) is 19.2. The van der Waals surface area contributed by atoms with Gasteiger partial charge >= 0.3 is 0 Å². The smallest absolute Gasteiger partial charge is 0.272 e. The number of aromatic nitrogens is 1. The van der Waals surface area contributed by atoms with E-state index in [4.69, 9.17) is 0 Å². The molecule has 1 aromatic heterocycles. The van der Waals surface area contributed by atoms with Crippen LogP contribution in [0.5, 0.6) is 0 Å². The molecule has 0 aliphatic carbocycles. The van der Waals surface area contributed by atoms with Crippen LogP contribution >= 0.6 is 0 Å². The highest BCUT2D eigenvalue weighted by Crippen LogP contribution is 2.26. The third kappa shape index (κ3) is 2.46. The van der Waals surface area contributed by atoms with Gasteiger partial charge in [0.25, 0.3) is 5.91 Å². The Hall–Kier alpha value is -2.10. The van der Waals surface area contributed by atoms with Crippen LogP contribution in [0.4, 0.5) is 5.69 Å². The van der Waals surface area contributed by atoms with Gasteiger partial charge in [-0.3, -0.25) is 4.79 Å². The van der Waals surface area contributed by atoms with Crippen molar-refractivity contribution in [2.24, 2.45) is 11.8 Å². The third-order valence-electron chi connectivity index (χ3n) is 4.48. The maximum absolute atomic E-state index is 12.7. The summed E-state index contributed by atoms with van der Waals surface area (Å²) in [6, 6.07) is 9.75. The molecule has 0 spiro atoms. The van der Waals surface area contributed by atoms with Crippen molar-refractivity contribution < 1.29 is 4.79 Å². The van der Waals surface area contributed by atoms with Crippen LogP contribution in [0.1, 0.15) is 24.3 Å². The first kappa shape index (κ1) is 13.9. The molecular weight excluding hydrogens is 262 g/mol. The van der Waals surface area contributed by atoms with Crippen molar-refractivity contribution in [2.45, 2.75) is 13.8 Å². The van der Waals surface area contributed by atoms with Gasteiger partial charge in [-0.2, -0.15) is 0 Å². The average molecular weight is 283 g/mol. The number of rotatable bonds is 2. The Balaban J connectivity index is 1.99. The third-order valence-corrected chi connectivity index (χ3v) is 4.48. The van der Waals surface area contributed by atoms with Gasteiger partial charge in [-0.15, -0.1) is 0 Å². The molecule has 2 aromatic rings. The van der Waals surface area contributed by atoms with Crippen LogP contribution in [0.25, 0.3) is 10.9 Å². The van der Waals surface area contributed by atoms with Gasteiger partial charge in [-0.05, 0) is 24.0 Å². The van der Waals surface area contributed by atoms with Crippen LogP contribution in [-0.4, -0.2) is 35.9 Å². The van der Waals surface area contributed by atoms with Crippen LogP contribution < -0.4 is 5.32 Å². The first-order valence-electron chi connectivity index (χ1n) is 7.47. The maximum Gasteiger partial charge on any atom is 0.272 e. The lowest BCUT2D eigenvalue weighted by molar-refractivity contribution is 0.0779. The minimum Gasteiger partial charge on any atom is -0.388 e. The molecule has 0 saturated carbocycles. The van der Waals surface area contributed by atoms with E-state index in [0.717, 1.165) is 29.7 Å². The van der Waals surface area contributed by atoms with Crippen LogP contribution in [0.15, 0.2) is 30.3 Å². The second kappa shape index (κ2) is 5.35. The number of carbonyl (C=O) groups is 1. The molecule has 2 heterocycles. The Labute approximate surface area is 125 Å². The van der Waals surface area contributed by atoms with Crippen molar-refractivity contribution in [3.8, 4) is 0 Å². The minimum atomic E-state index is 0.0356. The SMILES string of the molecule is CNc1cc(C(=O)N2CC(C)C(C)C2)nc2ccccc12. The molecule has 21 heavy (non-hydrogen) atoms. The zero-order valence-corrected chi connectivity index (χ0v) is 12.8. The number of pyridine rings is 1. The van der Waals surface area contributed by atoms with Crippen LogP contribution in [0, 0.1) is 11.8 Å². The van der Waals surface area contributed by atoms with E-state index >= 15 is 0 Å². The number of nitrogens with zero attached hydrogens (tertiary/aromatic N) is 2. The van der Waals surface area contributed by atoms with Crippen LogP contribution in [0.2, 0.25) is 0 Å². The van der Waals surface area contributed by atoms with E-state index in [2.05, 4.69) is 24.1 Å². The van der Waals surface area contributed by atoms with Gasteiger partial charge in [-0.25, -0.2) is 4.98 Å². The normalized spacial score (nSPS) is 21.8. The summed E-state index contributed by atoms with van der Waals surface area (Å²) in [5, 5.41) is 4.20. The standard InChI is InChI=1S/C17H21N3O/c1-11-9-20(10-12(11)2)17(21)16-8-15(18-3)13-6-4-5-7-14(13)19-16/h4-8,11-12H,9-10H2,1-3H3,(H,18,19). The van der Waals surface area contributed by atoms with Crippen molar-refractivity contribution in [1.29, 1.82) is 0 Å². The number of hydrogen-bond acceptors (Lipinski definition) is 3. The van der Waals surface area contributed by atoms with Crippen molar-refractivity contribution in [3.63, 3.8) is 0 Å². The van der Waals surface area contributed by atoms with Crippen molar-refractivity contribution >= 4 is 22.5 Å². The van der Waals surface area contributed by atoms with E-state index in [-0.39, 0.29) is 5.91 Å². The number of amides is 1. The van der Waals surface area contributed by atoms with Gasteiger partial charge in [0.1, 0.15) is 5.69 Å². The average Bonchev–Trinajstić information content (AvgIpc) is 2.84. The summed E-state index contributed by atoms with van der Waals surface area (Å²) in [5.74, 6) is 1.14. The molecule has 1 saturated heterocycles. The summed E-state index contributed by atoms with van der Waals surface area (Å²) >= 11 is 0. The Bertz CT molecular complexity index is 673. The molecule has 1 amide bonds. The summed E-state index contributed by atoms with van der Waals surface area (Å²) in [5.41, 5.74) is 2.33. The number of benzene rings is 1. The molecule has 1 fully saturated rings. The lowest BCUT2D eigenvalue weighted by Gasteiger charge is -2.17. The largest absolute Gasteiger partial charge is 0.388 e. The molecule has 0 bridgehead atoms. The summed E-state index contributed by atoms with van der Waals surface area (Å²) in [7, 11) is 1.87. The predicted octanol–water partition coefficient (Wildman–Crippen LogP) is 3.00. The van der Waals surface area contributed by atoms with Gasteiger partial charge in [0.05, 0.1) is 5.52 Å². The van der Waals surface area contributed by atoms with E-state index in [1.165, 1.54) is 0 Å². The van der Waals surface area contributed by atoms with Crippen molar-refractivity contribution in [1.82, 2.24) is 9.88 Å². The molecule has 1 aromatic carbocycles. The molecule has 110 valence electrons. The van der Waals surface area contributed by atoms with Crippen molar-refractivity contribution in [3.05, 3.63) is 36.0 Å². The number of likely N-dealkylation sites (tertiary alicyclic amines) is 1. The Morgan fingerprint density at radius 3 is 2.57 bits per heavy atom. The Morgan fingerprint density at radius 2 is 1.90 bits per heavy atom. The second-order valence-electron chi connectivity index (χ2n) is 5.99. The fourth-order valence-electron chi connectivity index (χ4n) is 2.95. The van der Waals surface area contributed by atoms with Crippen LogP contribution in [-0.2, 0) is 0 Å². The molecule has 0 radical (unpaired) electrons. The molecule has 4 heteroatoms. The van der Waals surface area contributed by atoms with E-state index in [0.29, 0.717) is 17.5 Å². The topological polar surface area (TPSA) is 45.2 Å². The number of fused-ring (bicyclic) bond motifs is 1. The second-order valence-corrected chi connectivity index (χ2v) is 5.99. The summed E-state index contributed by atoms with van der Waals surface area (Å²) in [6.07, 6.45) is 0. The molecular formula is C17H21N3O. The zero-order valence-electron chi connectivity index (χ0n) is 12.8. The first-order chi connectivity index (χ1) is 10.1. The molecule has 4 nitrogen and oxygen atoms in total. The Kier molecular flexibility index (Phi) is 3.53. The molecule has 2 atom stereocenters. The van der Waals surface area contributed by atoms with Gasteiger partial charge in [0.15, 0.2) is 0 Å². The summed E-state index contributed by atoms with van der Waals surface area (Å²) < 4.78 is 0. The number of para-hydroxylation sites is 1. The predicted molar refractivity (Wildman–Crippen MR) is 85.5 cm³/mol. The fourth-order valence-corrected chi connectivity index (χ4v) is 2.95. The lowest BCUT2D eigenvalue weighted by Crippen LogP contribution is -2.29. The highest BCUT2D eigenvalue weighted by molar-refractivity contribution is 5.99. The molecule has 1 aliphatic heterocycles. The highest BCUT2D eigenvalue weighted by atomic mass is 16.2. The minimum absolute atomic E-state index is 0.0356. The lowest BCUT2D eigenvalue weighted by atomic mass is 10.0. The van der Waals surface area contributed by atoms with E-state index in [1.54, 1.807) is 0 Å². The van der Waals surface area contributed by atoms with E-state index in [1.807, 2.05) is 42.3 Å². The monoisotopic (exact) mass is 283 g/mol. The van der Waals surface area contributed by atoms with E-state index < -0.39 is 0 Å². The highest BCUT2D eigenvalue weighted by Gasteiger charge is 2.30. The van der Waals surface area contributed by atoms with Gasteiger partial charge in [-0.1, -0.05) is 32.0 Å². The molecule has 1 aliphatic rings. The van der Waals surface area contributed by atoms with Gasteiger partial charge in [0, 0.05) is 31.2 Å².